The fourth-order valence-corrected chi connectivity index (χ4v) is 1.79. The lowest BCUT2D eigenvalue weighted by atomic mass is 10.0. The van der Waals surface area contributed by atoms with Crippen LogP contribution in [-0.2, 0) is 6.42 Å². The molecule has 2 aromatic carbocycles. The van der Waals surface area contributed by atoms with Gasteiger partial charge in [-0.15, -0.1) is 0 Å². The first-order chi connectivity index (χ1) is 7.35. The summed E-state index contributed by atoms with van der Waals surface area (Å²) in [5, 5.41) is 2.36. The molecular formula is C13H15NO. The van der Waals surface area contributed by atoms with E-state index in [-0.39, 0.29) is 0 Å². The number of hydrogen-bond donors (Lipinski definition) is 1. The standard InChI is InChI=1S/C13H15NO/c1-15-13-4-2-3-11-6-5-10(7-8-14)9-12(11)13/h2-6,9H,7-8,14H2,1H3. The van der Waals surface area contributed by atoms with Crippen molar-refractivity contribution in [3.05, 3.63) is 42.0 Å². The van der Waals surface area contributed by atoms with Crippen LogP contribution in [0, 0.1) is 0 Å². The fraction of sp³-hybridized carbons (Fsp3) is 0.231. The molecule has 15 heavy (non-hydrogen) atoms. The molecule has 0 bridgehead atoms. The topological polar surface area (TPSA) is 35.2 Å². The Bertz CT molecular complexity index is 465. The number of hydrogen-bond acceptors (Lipinski definition) is 2. The molecule has 2 rings (SSSR count). The summed E-state index contributed by atoms with van der Waals surface area (Å²) in [5.41, 5.74) is 6.80. The largest absolute Gasteiger partial charge is 0.496 e. The smallest absolute Gasteiger partial charge is 0.126 e. The SMILES string of the molecule is COc1cccc2ccc(CCN)cc12. The maximum atomic E-state index is 5.54. The van der Waals surface area contributed by atoms with Crippen LogP contribution in [0.25, 0.3) is 10.8 Å². The Kier molecular flexibility index (Phi) is 2.88. The molecule has 0 aromatic heterocycles. The second kappa shape index (κ2) is 4.32. The number of fused-ring (bicyclic) bond motifs is 1. The highest BCUT2D eigenvalue weighted by Gasteiger charge is 2.01. The van der Waals surface area contributed by atoms with Crippen molar-refractivity contribution in [1.29, 1.82) is 0 Å². The van der Waals surface area contributed by atoms with Gasteiger partial charge in [-0.3, -0.25) is 0 Å². The van der Waals surface area contributed by atoms with Crippen molar-refractivity contribution < 1.29 is 4.74 Å². The minimum absolute atomic E-state index is 0.681. The number of methoxy groups -OCH3 is 1. The fourth-order valence-electron chi connectivity index (χ4n) is 1.79. The Balaban J connectivity index is 2.57. The predicted octanol–water partition coefficient (Wildman–Crippen LogP) is 2.35. The van der Waals surface area contributed by atoms with Gasteiger partial charge < -0.3 is 10.5 Å². The molecule has 0 atom stereocenters. The number of benzene rings is 2. The molecule has 0 spiro atoms. The first-order valence-corrected chi connectivity index (χ1v) is 5.11. The van der Waals surface area contributed by atoms with E-state index in [1.54, 1.807) is 7.11 Å². The van der Waals surface area contributed by atoms with Crippen LogP contribution in [0.4, 0.5) is 0 Å². The van der Waals surface area contributed by atoms with Crippen LogP contribution < -0.4 is 10.5 Å². The minimum Gasteiger partial charge on any atom is -0.496 e. The van der Waals surface area contributed by atoms with Crippen LogP contribution >= 0.6 is 0 Å². The third-order valence-corrected chi connectivity index (χ3v) is 2.56. The van der Waals surface area contributed by atoms with Gasteiger partial charge in [0.1, 0.15) is 5.75 Å². The molecule has 2 aromatic rings. The zero-order chi connectivity index (χ0) is 10.7. The lowest BCUT2D eigenvalue weighted by Gasteiger charge is -2.07. The average molecular weight is 201 g/mol. The summed E-state index contributed by atoms with van der Waals surface area (Å²) in [5.74, 6) is 0.923. The average Bonchev–Trinajstić information content (AvgIpc) is 2.28. The first-order valence-electron chi connectivity index (χ1n) is 5.11. The van der Waals surface area contributed by atoms with Crippen LogP contribution in [0.5, 0.6) is 5.75 Å². The van der Waals surface area contributed by atoms with Crippen molar-refractivity contribution >= 4 is 10.8 Å². The summed E-state index contributed by atoms with van der Waals surface area (Å²) >= 11 is 0. The molecule has 0 unspecified atom stereocenters. The van der Waals surface area contributed by atoms with E-state index in [9.17, 15) is 0 Å². The number of nitrogens with two attached hydrogens (primary N) is 1. The molecule has 0 aliphatic heterocycles. The molecule has 2 nitrogen and oxygen atoms in total. The minimum atomic E-state index is 0.681. The van der Waals surface area contributed by atoms with Gasteiger partial charge >= 0.3 is 0 Å². The molecule has 0 aliphatic carbocycles. The summed E-state index contributed by atoms with van der Waals surface area (Å²) in [6.45, 7) is 0.681. The zero-order valence-corrected chi connectivity index (χ0v) is 8.86. The van der Waals surface area contributed by atoms with Crippen LogP contribution in [-0.4, -0.2) is 13.7 Å². The lowest BCUT2D eigenvalue weighted by molar-refractivity contribution is 0.420. The van der Waals surface area contributed by atoms with Crippen LogP contribution in [0.3, 0.4) is 0 Å². The molecule has 78 valence electrons. The van der Waals surface area contributed by atoms with Gasteiger partial charge in [0.25, 0.3) is 0 Å². The third kappa shape index (κ3) is 1.95. The van der Waals surface area contributed by atoms with Gasteiger partial charge in [-0.2, -0.15) is 0 Å². The van der Waals surface area contributed by atoms with Crippen LogP contribution in [0.15, 0.2) is 36.4 Å². The van der Waals surface area contributed by atoms with E-state index in [0.29, 0.717) is 6.54 Å². The van der Waals surface area contributed by atoms with Crippen molar-refractivity contribution in [3.8, 4) is 5.75 Å². The Labute approximate surface area is 89.7 Å². The van der Waals surface area contributed by atoms with Crippen LogP contribution in [0.1, 0.15) is 5.56 Å². The van der Waals surface area contributed by atoms with Crippen molar-refractivity contribution in [3.63, 3.8) is 0 Å². The quantitative estimate of drug-likeness (QED) is 0.827. The van der Waals surface area contributed by atoms with E-state index in [2.05, 4.69) is 24.3 Å². The number of rotatable bonds is 3. The van der Waals surface area contributed by atoms with Gasteiger partial charge in [0, 0.05) is 5.39 Å². The molecule has 0 aliphatic rings. The molecule has 0 fully saturated rings. The van der Waals surface area contributed by atoms with Gasteiger partial charge in [0.15, 0.2) is 0 Å². The van der Waals surface area contributed by atoms with Gasteiger partial charge in [-0.05, 0) is 36.0 Å². The summed E-state index contributed by atoms with van der Waals surface area (Å²) in [4.78, 5) is 0. The van der Waals surface area contributed by atoms with Gasteiger partial charge in [0.2, 0.25) is 0 Å². The maximum absolute atomic E-state index is 5.54. The van der Waals surface area contributed by atoms with Crippen LogP contribution in [0.2, 0.25) is 0 Å². The van der Waals surface area contributed by atoms with E-state index in [1.165, 1.54) is 10.9 Å². The maximum Gasteiger partial charge on any atom is 0.126 e. The van der Waals surface area contributed by atoms with E-state index in [0.717, 1.165) is 17.6 Å². The van der Waals surface area contributed by atoms with Crippen molar-refractivity contribution in [1.82, 2.24) is 0 Å². The molecule has 0 saturated heterocycles. The summed E-state index contributed by atoms with van der Waals surface area (Å²) in [7, 11) is 1.70. The molecule has 0 heterocycles. The molecular weight excluding hydrogens is 186 g/mol. The van der Waals surface area contributed by atoms with Gasteiger partial charge in [0.05, 0.1) is 7.11 Å². The van der Waals surface area contributed by atoms with E-state index >= 15 is 0 Å². The highest BCUT2D eigenvalue weighted by atomic mass is 16.5. The van der Waals surface area contributed by atoms with Gasteiger partial charge in [-0.1, -0.05) is 24.3 Å². The Morgan fingerprint density at radius 1 is 1.20 bits per heavy atom. The highest BCUT2D eigenvalue weighted by Crippen LogP contribution is 2.26. The zero-order valence-electron chi connectivity index (χ0n) is 8.86. The third-order valence-electron chi connectivity index (χ3n) is 2.56. The van der Waals surface area contributed by atoms with E-state index in [1.807, 2.05) is 12.1 Å². The molecule has 2 heteroatoms. The normalized spacial score (nSPS) is 10.5. The summed E-state index contributed by atoms with van der Waals surface area (Å²) in [6.07, 6.45) is 0.911. The summed E-state index contributed by atoms with van der Waals surface area (Å²) in [6, 6.07) is 12.5. The second-order valence-corrected chi connectivity index (χ2v) is 3.55. The van der Waals surface area contributed by atoms with E-state index in [4.69, 9.17) is 10.5 Å². The monoisotopic (exact) mass is 201 g/mol. The van der Waals surface area contributed by atoms with Gasteiger partial charge in [-0.25, -0.2) is 0 Å². The predicted molar refractivity (Wildman–Crippen MR) is 63.3 cm³/mol. The number of ether oxygens (including phenoxy) is 1. The summed E-state index contributed by atoms with van der Waals surface area (Å²) < 4.78 is 5.33. The molecule has 0 radical (unpaired) electrons. The molecule has 0 amide bonds. The highest BCUT2D eigenvalue weighted by molar-refractivity contribution is 5.88. The van der Waals surface area contributed by atoms with Crippen molar-refractivity contribution in [2.45, 2.75) is 6.42 Å². The Morgan fingerprint density at radius 3 is 2.80 bits per heavy atom. The van der Waals surface area contributed by atoms with Crippen molar-refractivity contribution in [2.75, 3.05) is 13.7 Å². The molecule has 2 N–H and O–H groups in total. The van der Waals surface area contributed by atoms with Crippen molar-refractivity contribution in [2.24, 2.45) is 5.73 Å². The van der Waals surface area contributed by atoms with E-state index < -0.39 is 0 Å². The lowest BCUT2D eigenvalue weighted by Crippen LogP contribution is -2.02. The Hall–Kier alpha value is -1.54. The second-order valence-electron chi connectivity index (χ2n) is 3.55. The molecule has 0 saturated carbocycles. The first kappa shape index (κ1) is 9.99. The Morgan fingerprint density at radius 2 is 2.07 bits per heavy atom.